The minimum absolute atomic E-state index is 0.0925. The molecule has 65 heavy (non-hydrogen) atoms. The molecule has 1 heterocycles. The van der Waals surface area contributed by atoms with Crippen molar-refractivity contribution in [1.29, 1.82) is 10.5 Å². The molecule has 5 N–H and O–H groups in total. The van der Waals surface area contributed by atoms with Gasteiger partial charge in [0, 0.05) is 17.9 Å². The van der Waals surface area contributed by atoms with Crippen LogP contribution >= 0.6 is 63.7 Å². The summed E-state index contributed by atoms with van der Waals surface area (Å²) in [5.74, 6) is 4.88. The maximum atomic E-state index is 9.56. The lowest BCUT2D eigenvalue weighted by Crippen LogP contribution is -2.03. The monoisotopic (exact) mass is 1140 g/mol. The van der Waals surface area contributed by atoms with Crippen molar-refractivity contribution in [1.82, 2.24) is 9.97 Å². The number of nitrogens with two attached hydrogens (primary N) is 2. The second-order valence-electron chi connectivity index (χ2n) is 16.2. The molecule has 5 aromatic rings. The Morgan fingerprint density at radius 1 is 0.646 bits per heavy atom. The van der Waals surface area contributed by atoms with Crippen LogP contribution in [0.3, 0.4) is 0 Å². The molecule has 0 radical (unpaired) electrons. The number of phenolic OH excluding ortho intramolecular Hbond substituents is 1. The summed E-state index contributed by atoms with van der Waals surface area (Å²) in [6.45, 7) is 25.0. The normalized spacial score (nSPS) is 10.8. The Bertz CT molecular complexity index is 2510. The third-order valence-corrected chi connectivity index (χ3v) is 13.0. The van der Waals surface area contributed by atoms with Crippen molar-refractivity contribution in [2.45, 2.75) is 107 Å². The van der Waals surface area contributed by atoms with Gasteiger partial charge in [-0.25, -0.2) is 4.98 Å². The molecular weight excluding hydrogens is 1080 g/mol. The van der Waals surface area contributed by atoms with Gasteiger partial charge in [0.05, 0.1) is 13.3 Å². The van der Waals surface area contributed by atoms with E-state index in [0.717, 1.165) is 68.3 Å². The summed E-state index contributed by atoms with van der Waals surface area (Å²) in [7, 11) is 1.48. The molecule has 0 aliphatic carbocycles. The molecule has 0 atom stereocenters. The summed E-state index contributed by atoms with van der Waals surface area (Å²) in [6, 6.07) is 19.7. The highest BCUT2D eigenvalue weighted by Crippen LogP contribution is 2.37. The Labute approximate surface area is 419 Å². The van der Waals surface area contributed by atoms with E-state index in [0.29, 0.717) is 40.9 Å². The molecule has 5 rings (SSSR count). The van der Waals surface area contributed by atoms with Crippen LogP contribution in [-0.4, -0.2) is 28.8 Å². The lowest BCUT2D eigenvalue weighted by molar-refractivity contribution is 0.310. The summed E-state index contributed by atoms with van der Waals surface area (Å²) in [5.41, 5.74) is 20.2. The van der Waals surface area contributed by atoms with E-state index in [1.807, 2.05) is 64.1 Å². The number of nitriles is 2. The zero-order chi connectivity index (χ0) is 49.3. The highest BCUT2D eigenvalue weighted by atomic mass is 79.9. The molecule has 11 nitrogen and oxygen atoms in total. The second kappa shape index (κ2) is 27.0. The number of anilines is 2. The first-order valence-corrected chi connectivity index (χ1v) is 23.9. The molecular formula is C50H60Br4N6O5. The highest BCUT2D eigenvalue weighted by Gasteiger charge is 2.16. The Morgan fingerprint density at radius 2 is 1.06 bits per heavy atom. The molecule has 0 saturated carbocycles. The van der Waals surface area contributed by atoms with Gasteiger partial charge in [-0.2, -0.15) is 15.5 Å². The predicted octanol–water partition coefficient (Wildman–Crippen LogP) is 15.3. The maximum Gasteiger partial charge on any atom is 0.238 e. The number of methoxy groups -OCH3 is 1. The van der Waals surface area contributed by atoms with Gasteiger partial charge in [-0.1, -0.05) is 143 Å². The van der Waals surface area contributed by atoms with Crippen molar-refractivity contribution in [3.05, 3.63) is 129 Å². The van der Waals surface area contributed by atoms with Crippen LogP contribution in [0.2, 0.25) is 0 Å². The van der Waals surface area contributed by atoms with Crippen LogP contribution in [0, 0.1) is 50.4 Å². The zero-order valence-electron chi connectivity index (χ0n) is 39.3. The van der Waals surface area contributed by atoms with E-state index in [1.165, 1.54) is 25.1 Å². The molecule has 15 heteroatoms. The number of halogens is 4. The van der Waals surface area contributed by atoms with Gasteiger partial charge in [0.15, 0.2) is 18.2 Å². The molecule has 1 aromatic heterocycles. The van der Waals surface area contributed by atoms with Crippen molar-refractivity contribution < 1.29 is 24.1 Å². The van der Waals surface area contributed by atoms with Crippen LogP contribution in [0.5, 0.6) is 28.7 Å². The van der Waals surface area contributed by atoms with Gasteiger partial charge in [0.25, 0.3) is 0 Å². The number of nitrogens with zero attached hydrogens (tertiary/aromatic N) is 4. The van der Waals surface area contributed by atoms with Gasteiger partial charge < -0.3 is 35.5 Å². The predicted molar refractivity (Wildman–Crippen MR) is 277 cm³/mol. The molecule has 0 bridgehead atoms. The van der Waals surface area contributed by atoms with E-state index in [2.05, 4.69) is 147 Å². The Morgan fingerprint density at radius 3 is 1.49 bits per heavy atom. The summed E-state index contributed by atoms with van der Waals surface area (Å²) in [5, 5.41) is 27.0. The molecule has 0 saturated heterocycles. The Hall–Kier alpha value is -4.80. The van der Waals surface area contributed by atoms with Gasteiger partial charge >= 0.3 is 0 Å². The van der Waals surface area contributed by atoms with Crippen molar-refractivity contribution in [2.75, 3.05) is 25.2 Å². The molecule has 0 amide bonds. The van der Waals surface area contributed by atoms with E-state index in [1.54, 1.807) is 6.07 Å². The summed E-state index contributed by atoms with van der Waals surface area (Å²) in [6.07, 6.45) is 2.77. The largest absolute Gasteiger partial charge is 0.508 e. The zero-order valence-corrected chi connectivity index (χ0v) is 45.7. The fourth-order valence-corrected chi connectivity index (χ4v) is 7.17. The van der Waals surface area contributed by atoms with Gasteiger partial charge in [0.1, 0.15) is 41.4 Å². The van der Waals surface area contributed by atoms with Crippen LogP contribution in [-0.2, 0) is 4.74 Å². The summed E-state index contributed by atoms with van der Waals surface area (Å²) >= 11 is 13.8. The number of hydrogen-bond donors (Lipinski definition) is 3. The quantitative estimate of drug-likeness (QED) is 0.0845. The number of hydrogen-bond acceptors (Lipinski definition) is 11. The smallest absolute Gasteiger partial charge is 0.238 e. The first-order chi connectivity index (χ1) is 30.4. The van der Waals surface area contributed by atoms with Crippen LogP contribution in [0.1, 0.15) is 124 Å². The lowest BCUT2D eigenvalue weighted by atomic mass is 10.00. The van der Waals surface area contributed by atoms with Gasteiger partial charge in [-0.3, -0.25) is 0 Å². The molecule has 0 spiro atoms. The highest BCUT2D eigenvalue weighted by molar-refractivity contribution is 9.11. The topological polar surface area (TPSA) is 183 Å². The van der Waals surface area contributed by atoms with Gasteiger partial charge in [-0.15, -0.1) is 0 Å². The first-order valence-electron chi connectivity index (χ1n) is 20.7. The van der Waals surface area contributed by atoms with E-state index in [-0.39, 0.29) is 24.1 Å². The molecule has 4 aromatic carbocycles. The lowest BCUT2D eigenvalue weighted by Gasteiger charge is -2.16. The van der Waals surface area contributed by atoms with Crippen molar-refractivity contribution in [3.8, 4) is 40.9 Å². The van der Waals surface area contributed by atoms with Crippen LogP contribution < -0.4 is 25.7 Å². The number of aromatic hydroxyl groups is 1. The number of benzene rings is 4. The summed E-state index contributed by atoms with van der Waals surface area (Å²) < 4.78 is 25.5. The summed E-state index contributed by atoms with van der Waals surface area (Å²) in [4.78, 5) is 7.79. The van der Waals surface area contributed by atoms with Crippen molar-refractivity contribution >= 4 is 75.5 Å². The average molecular weight is 1140 g/mol. The first kappa shape index (κ1) is 56.3. The van der Waals surface area contributed by atoms with Gasteiger partial charge in [0.2, 0.25) is 11.7 Å². The number of aromatic nitrogens is 2. The third kappa shape index (κ3) is 17.5. The number of phenols is 1. The standard InChI is InChI=1S/C14H17BrN4O.C14H16BrNO2.C12H14BrNO.C10H13BrO/c1-7(2)9-4-8(3)10(15)5-11(9)20-12-6-18-14(17)19-13(12)16;1-9(2)12-5-10(3)13(15)6-14(12)18-11(7-16)8-17-4;1-8(2)10-6-9(3)11(13)7-12(10)15-5-4-14;1-6(2)8-4-7(3)9(11)5-10(8)12/h4-7H,1-3H3,(H4,16,17,18,19);5-6,8-9H,1-4H3;6-8H,5H2,1-3H3;4-6,12H,1-3H3/b;11-8+;;. The fraction of sp³-hybridized carbons (Fsp3) is 0.360. The minimum atomic E-state index is 0.0925. The van der Waals surface area contributed by atoms with Gasteiger partial charge in [-0.05, 0) is 120 Å². The fourth-order valence-electron chi connectivity index (χ4n) is 5.87. The van der Waals surface area contributed by atoms with E-state index >= 15 is 0 Å². The minimum Gasteiger partial charge on any atom is -0.508 e. The second-order valence-corrected chi connectivity index (χ2v) is 19.6. The van der Waals surface area contributed by atoms with E-state index in [9.17, 15) is 5.11 Å². The van der Waals surface area contributed by atoms with Crippen LogP contribution in [0.4, 0.5) is 11.8 Å². The maximum absolute atomic E-state index is 9.56. The number of allylic oxidation sites excluding steroid dienone is 1. The van der Waals surface area contributed by atoms with Crippen LogP contribution in [0.15, 0.2) is 84.6 Å². The Kier molecular flexibility index (Phi) is 23.4. The van der Waals surface area contributed by atoms with Crippen molar-refractivity contribution in [2.24, 2.45) is 0 Å². The van der Waals surface area contributed by atoms with Crippen molar-refractivity contribution in [3.63, 3.8) is 0 Å². The number of rotatable bonds is 11. The van der Waals surface area contributed by atoms with Crippen LogP contribution in [0.25, 0.3) is 0 Å². The molecule has 0 fully saturated rings. The number of nitrogen functional groups attached to an aromatic ring is 2. The average Bonchev–Trinajstić information content (AvgIpc) is 3.23. The SMILES string of the molecule is CO/C=C(\C#N)Oc1cc(Br)c(C)cc1C(C)C.Cc1cc(C(C)C)c(O)cc1Br.Cc1cc(C(C)C)c(OCC#N)cc1Br.Cc1cc(C(C)C)c(Oc2cnc(N)nc2N)cc1Br. The number of aryl methyl sites for hydroxylation is 4. The molecule has 0 aliphatic heterocycles. The number of ether oxygens (including phenoxy) is 4. The molecule has 0 unspecified atom stereocenters. The third-order valence-electron chi connectivity index (χ3n) is 9.54. The van der Waals surface area contributed by atoms with E-state index < -0.39 is 0 Å². The van der Waals surface area contributed by atoms with E-state index in [4.69, 9.17) is 40.9 Å². The molecule has 0 aliphatic rings. The Balaban J connectivity index is 0.000000303. The molecule has 348 valence electrons.